The summed E-state index contributed by atoms with van der Waals surface area (Å²) < 4.78 is 15.7. The van der Waals surface area contributed by atoms with Crippen LogP contribution in [0.3, 0.4) is 0 Å². The van der Waals surface area contributed by atoms with Gasteiger partial charge in [-0.2, -0.15) is 0 Å². The topological polar surface area (TPSA) is 48.0 Å². The molecule has 1 amide bonds. The quantitative estimate of drug-likeness (QED) is 0.817. The molecule has 0 radical (unpaired) electrons. The van der Waals surface area contributed by atoms with Crippen LogP contribution in [0.15, 0.2) is 18.2 Å². The van der Waals surface area contributed by atoms with E-state index in [1.165, 1.54) is 5.56 Å². The van der Waals surface area contributed by atoms with Gasteiger partial charge in [0.1, 0.15) is 0 Å². The maximum atomic E-state index is 11.9. The van der Waals surface area contributed by atoms with Crippen molar-refractivity contribution in [3.05, 3.63) is 23.8 Å². The molecule has 0 bridgehead atoms. The Kier molecular flexibility index (Phi) is 3.78. The highest BCUT2D eigenvalue weighted by molar-refractivity contribution is 5.78. The first-order chi connectivity index (χ1) is 9.76. The molecular formula is C15H19NO4. The van der Waals surface area contributed by atoms with Crippen LogP contribution in [0.5, 0.6) is 11.5 Å². The normalized spacial score (nSPS) is 20.8. The average molecular weight is 277 g/mol. The lowest BCUT2D eigenvalue weighted by atomic mass is 9.98. The molecule has 0 saturated carbocycles. The van der Waals surface area contributed by atoms with Crippen LogP contribution in [0.1, 0.15) is 12.0 Å². The van der Waals surface area contributed by atoms with E-state index >= 15 is 0 Å². The molecule has 108 valence electrons. The van der Waals surface area contributed by atoms with E-state index in [9.17, 15) is 4.79 Å². The van der Waals surface area contributed by atoms with Gasteiger partial charge in [-0.25, -0.2) is 0 Å². The molecule has 2 aliphatic rings. The van der Waals surface area contributed by atoms with E-state index in [0.717, 1.165) is 24.5 Å². The van der Waals surface area contributed by atoms with E-state index in [4.69, 9.17) is 14.2 Å². The molecule has 0 unspecified atom stereocenters. The SMILES string of the molecule is COCCN1C[C@H](Cc2ccc3c(c2)OCO3)CC1=O. The molecule has 0 spiro atoms. The van der Waals surface area contributed by atoms with Crippen LogP contribution < -0.4 is 9.47 Å². The van der Waals surface area contributed by atoms with Crippen molar-refractivity contribution in [1.82, 2.24) is 4.90 Å². The molecule has 0 aliphatic carbocycles. The van der Waals surface area contributed by atoms with Gasteiger partial charge < -0.3 is 19.1 Å². The molecule has 0 N–H and O–H groups in total. The Labute approximate surface area is 118 Å². The van der Waals surface area contributed by atoms with Gasteiger partial charge >= 0.3 is 0 Å². The lowest BCUT2D eigenvalue weighted by Gasteiger charge is -2.16. The number of carbonyl (C=O) groups excluding carboxylic acids is 1. The number of hydrogen-bond donors (Lipinski definition) is 0. The first-order valence-corrected chi connectivity index (χ1v) is 6.91. The predicted octanol–water partition coefficient (Wildman–Crippen LogP) is 1.45. The Balaban J connectivity index is 1.60. The van der Waals surface area contributed by atoms with Crippen molar-refractivity contribution in [2.24, 2.45) is 5.92 Å². The number of hydrogen-bond acceptors (Lipinski definition) is 4. The Bertz CT molecular complexity index is 503. The summed E-state index contributed by atoms with van der Waals surface area (Å²) in [6, 6.07) is 6.01. The van der Waals surface area contributed by atoms with Crippen molar-refractivity contribution in [3.63, 3.8) is 0 Å². The molecule has 2 heterocycles. The third kappa shape index (κ3) is 2.72. The van der Waals surface area contributed by atoms with Crippen LogP contribution >= 0.6 is 0 Å². The number of amides is 1. The van der Waals surface area contributed by atoms with Gasteiger partial charge in [-0.15, -0.1) is 0 Å². The van der Waals surface area contributed by atoms with Crippen LogP contribution in [-0.2, 0) is 16.0 Å². The second-order valence-electron chi connectivity index (χ2n) is 5.29. The first kappa shape index (κ1) is 13.2. The van der Waals surface area contributed by atoms with Crippen molar-refractivity contribution in [2.75, 3.05) is 33.6 Å². The van der Waals surface area contributed by atoms with Crippen molar-refractivity contribution in [3.8, 4) is 11.5 Å². The highest BCUT2D eigenvalue weighted by Crippen LogP contribution is 2.33. The van der Waals surface area contributed by atoms with E-state index in [0.29, 0.717) is 32.3 Å². The zero-order valence-electron chi connectivity index (χ0n) is 11.6. The molecule has 1 atom stereocenters. The minimum Gasteiger partial charge on any atom is -0.454 e. The third-order valence-electron chi connectivity index (χ3n) is 3.82. The molecule has 1 aromatic rings. The summed E-state index contributed by atoms with van der Waals surface area (Å²) in [5.41, 5.74) is 1.20. The van der Waals surface area contributed by atoms with Crippen molar-refractivity contribution >= 4 is 5.91 Å². The number of likely N-dealkylation sites (tertiary alicyclic amines) is 1. The summed E-state index contributed by atoms with van der Waals surface area (Å²) in [5, 5.41) is 0. The van der Waals surface area contributed by atoms with E-state index < -0.39 is 0 Å². The predicted molar refractivity (Wildman–Crippen MR) is 72.8 cm³/mol. The maximum absolute atomic E-state index is 11.9. The Morgan fingerprint density at radius 3 is 3.05 bits per heavy atom. The van der Waals surface area contributed by atoms with Gasteiger partial charge in [0.2, 0.25) is 12.7 Å². The lowest BCUT2D eigenvalue weighted by molar-refractivity contribution is -0.128. The van der Waals surface area contributed by atoms with E-state index in [2.05, 4.69) is 6.07 Å². The Morgan fingerprint density at radius 2 is 2.20 bits per heavy atom. The highest BCUT2D eigenvalue weighted by Gasteiger charge is 2.29. The Morgan fingerprint density at radius 1 is 1.35 bits per heavy atom. The summed E-state index contributed by atoms with van der Waals surface area (Å²) in [6.07, 6.45) is 1.52. The number of carbonyl (C=O) groups is 1. The van der Waals surface area contributed by atoms with Gasteiger partial charge in [-0.3, -0.25) is 4.79 Å². The zero-order valence-corrected chi connectivity index (χ0v) is 11.6. The van der Waals surface area contributed by atoms with Crippen LogP contribution in [0.2, 0.25) is 0 Å². The average Bonchev–Trinajstić information content (AvgIpc) is 3.03. The molecule has 1 fully saturated rings. The fourth-order valence-corrected chi connectivity index (χ4v) is 2.81. The standard InChI is InChI=1S/C15H19NO4/c1-18-5-4-16-9-12(8-15(16)17)6-11-2-3-13-14(7-11)20-10-19-13/h2-3,7,12H,4-6,8-10H2,1H3/t12-/m1/s1. The second kappa shape index (κ2) is 5.71. The van der Waals surface area contributed by atoms with E-state index in [1.54, 1.807) is 7.11 Å². The van der Waals surface area contributed by atoms with E-state index in [1.807, 2.05) is 17.0 Å². The summed E-state index contributed by atoms with van der Waals surface area (Å²) in [7, 11) is 1.66. The van der Waals surface area contributed by atoms with Gasteiger partial charge in [0.15, 0.2) is 11.5 Å². The van der Waals surface area contributed by atoms with Gasteiger partial charge in [0, 0.05) is 26.6 Å². The largest absolute Gasteiger partial charge is 0.454 e. The fraction of sp³-hybridized carbons (Fsp3) is 0.533. The number of methoxy groups -OCH3 is 1. The summed E-state index contributed by atoms with van der Waals surface area (Å²) >= 11 is 0. The number of fused-ring (bicyclic) bond motifs is 1. The van der Waals surface area contributed by atoms with Crippen molar-refractivity contribution in [2.45, 2.75) is 12.8 Å². The van der Waals surface area contributed by atoms with E-state index in [-0.39, 0.29) is 5.91 Å². The summed E-state index contributed by atoms with van der Waals surface area (Å²) in [5.74, 6) is 2.22. The summed E-state index contributed by atoms with van der Waals surface area (Å²) in [4.78, 5) is 13.8. The third-order valence-corrected chi connectivity index (χ3v) is 3.82. The highest BCUT2D eigenvalue weighted by atomic mass is 16.7. The molecule has 2 aliphatic heterocycles. The molecule has 3 rings (SSSR count). The number of ether oxygens (including phenoxy) is 3. The molecular weight excluding hydrogens is 258 g/mol. The summed E-state index contributed by atoms with van der Waals surface area (Å²) in [6.45, 7) is 2.40. The maximum Gasteiger partial charge on any atom is 0.231 e. The number of rotatable bonds is 5. The minimum absolute atomic E-state index is 0.229. The van der Waals surface area contributed by atoms with Gasteiger partial charge in [-0.05, 0) is 30.0 Å². The molecule has 5 heteroatoms. The van der Waals surface area contributed by atoms with Gasteiger partial charge in [0.25, 0.3) is 0 Å². The smallest absolute Gasteiger partial charge is 0.231 e. The first-order valence-electron chi connectivity index (χ1n) is 6.91. The molecule has 1 aromatic carbocycles. The molecule has 5 nitrogen and oxygen atoms in total. The van der Waals surface area contributed by atoms with Crippen molar-refractivity contribution in [1.29, 1.82) is 0 Å². The van der Waals surface area contributed by atoms with Gasteiger partial charge in [0.05, 0.1) is 6.61 Å². The van der Waals surface area contributed by atoms with Crippen LogP contribution in [0, 0.1) is 5.92 Å². The number of benzene rings is 1. The monoisotopic (exact) mass is 277 g/mol. The number of nitrogens with zero attached hydrogens (tertiary/aromatic N) is 1. The molecule has 0 aromatic heterocycles. The molecule has 1 saturated heterocycles. The van der Waals surface area contributed by atoms with Crippen LogP contribution in [0.25, 0.3) is 0 Å². The Hall–Kier alpha value is -1.75. The van der Waals surface area contributed by atoms with Gasteiger partial charge in [-0.1, -0.05) is 6.07 Å². The minimum atomic E-state index is 0.229. The van der Waals surface area contributed by atoms with Crippen LogP contribution in [0.4, 0.5) is 0 Å². The molecule has 20 heavy (non-hydrogen) atoms. The fourth-order valence-electron chi connectivity index (χ4n) is 2.81. The van der Waals surface area contributed by atoms with Crippen LogP contribution in [-0.4, -0.2) is 44.4 Å². The lowest BCUT2D eigenvalue weighted by Crippen LogP contribution is -2.28. The van der Waals surface area contributed by atoms with Crippen molar-refractivity contribution < 1.29 is 19.0 Å². The second-order valence-corrected chi connectivity index (χ2v) is 5.29. The zero-order chi connectivity index (χ0) is 13.9.